The van der Waals surface area contributed by atoms with Gasteiger partial charge in [-0.1, -0.05) is 11.6 Å². The lowest BCUT2D eigenvalue weighted by molar-refractivity contribution is -0.137. The number of ether oxygens (including phenoxy) is 1. The summed E-state index contributed by atoms with van der Waals surface area (Å²) in [4.78, 5) is 13.1. The summed E-state index contributed by atoms with van der Waals surface area (Å²) in [6.07, 6.45) is 0.00101. The molecular formula is C20H29ClF3N5O. The van der Waals surface area contributed by atoms with Crippen molar-refractivity contribution in [2.24, 2.45) is 10.9 Å². The fourth-order valence-corrected chi connectivity index (χ4v) is 4.13. The Bertz CT molecular complexity index is 725. The number of alkyl halides is 3. The molecule has 0 aromatic carbocycles. The van der Waals surface area contributed by atoms with Crippen LogP contribution in [0.15, 0.2) is 17.3 Å². The molecule has 30 heavy (non-hydrogen) atoms. The average Bonchev–Trinajstić information content (AvgIpc) is 3.37. The Labute approximate surface area is 180 Å². The van der Waals surface area contributed by atoms with Crippen molar-refractivity contribution in [3.05, 3.63) is 22.8 Å². The van der Waals surface area contributed by atoms with Gasteiger partial charge in [0, 0.05) is 32.4 Å². The Balaban J connectivity index is 1.49. The van der Waals surface area contributed by atoms with Gasteiger partial charge in [0.2, 0.25) is 5.88 Å². The van der Waals surface area contributed by atoms with Gasteiger partial charge in [0.15, 0.2) is 5.96 Å². The molecule has 10 heteroatoms. The maximum atomic E-state index is 12.7. The van der Waals surface area contributed by atoms with Crippen molar-refractivity contribution in [2.75, 3.05) is 52.4 Å². The highest BCUT2D eigenvalue weighted by atomic mass is 35.5. The van der Waals surface area contributed by atoms with Crippen LogP contribution in [0.4, 0.5) is 13.2 Å². The van der Waals surface area contributed by atoms with E-state index in [-0.39, 0.29) is 17.5 Å². The standard InChI is InChI=1S/C20H29ClF3N5O/c1-2-25-19(29-9-5-15(14-29)13-28-7-3-4-8-28)26-6-10-30-18-17(21)11-16(12-27-18)20(22,23)24/h11-12,15H,2-10,13-14H2,1H3,(H,25,26). The zero-order valence-corrected chi connectivity index (χ0v) is 18.0. The number of nitrogens with zero attached hydrogens (tertiary/aromatic N) is 4. The van der Waals surface area contributed by atoms with Crippen molar-refractivity contribution < 1.29 is 17.9 Å². The number of likely N-dealkylation sites (tertiary alicyclic amines) is 2. The third-order valence-electron chi connectivity index (χ3n) is 5.36. The molecule has 1 atom stereocenters. The largest absolute Gasteiger partial charge is 0.475 e. The Morgan fingerprint density at radius 3 is 2.77 bits per heavy atom. The van der Waals surface area contributed by atoms with Crippen molar-refractivity contribution in [3.8, 4) is 5.88 Å². The third-order valence-corrected chi connectivity index (χ3v) is 5.63. The van der Waals surface area contributed by atoms with E-state index in [2.05, 4.69) is 25.1 Å². The van der Waals surface area contributed by atoms with Crippen LogP contribution in [-0.4, -0.2) is 73.2 Å². The molecule has 3 rings (SSSR count). The average molecular weight is 448 g/mol. The van der Waals surface area contributed by atoms with Crippen molar-refractivity contribution in [1.29, 1.82) is 0 Å². The molecule has 6 nitrogen and oxygen atoms in total. The fourth-order valence-electron chi connectivity index (χ4n) is 3.91. The number of rotatable bonds is 7. The van der Waals surface area contributed by atoms with Gasteiger partial charge >= 0.3 is 6.18 Å². The quantitative estimate of drug-likeness (QED) is 0.394. The van der Waals surface area contributed by atoms with Crippen LogP contribution in [0.2, 0.25) is 5.02 Å². The first kappa shape index (κ1) is 22.9. The second-order valence-corrected chi connectivity index (χ2v) is 8.11. The summed E-state index contributed by atoms with van der Waals surface area (Å²) in [7, 11) is 0. The molecule has 1 aromatic heterocycles. The molecule has 2 fully saturated rings. The van der Waals surface area contributed by atoms with E-state index in [4.69, 9.17) is 16.3 Å². The van der Waals surface area contributed by atoms with E-state index in [1.165, 1.54) is 25.9 Å². The normalized spacial score (nSPS) is 20.8. The minimum Gasteiger partial charge on any atom is -0.475 e. The van der Waals surface area contributed by atoms with E-state index in [1.807, 2.05) is 6.92 Å². The highest BCUT2D eigenvalue weighted by Crippen LogP contribution is 2.33. The zero-order valence-electron chi connectivity index (χ0n) is 17.2. The van der Waals surface area contributed by atoms with Gasteiger partial charge in [-0.05, 0) is 51.3 Å². The van der Waals surface area contributed by atoms with Gasteiger partial charge in [0.1, 0.15) is 11.6 Å². The van der Waals surface area contributed by atoms with E-state index in [0.29, 0.717) is 12.5 Å². The number of pyridine rings is 1. The summed E-state index contributed by atoms with van der Waals surface area (Å²) in [5.41, 5.74) is -0.898. The highest BCUT2D eigenvalue weighted by molar-refractivity contribution is 6.31. The SMILES string of the molecule is CCNC(=NCCOc1ncc(C(F)(F)F)cc1Cl)N1CCC(CN2CCCC2)C1. The summed E-state index contributed by atoms with van der Waals surface area (Å²) in [5, 5.41) is 3.15. The van der Waals surface area contributed by atoms with Crippen molar-refractivity contribution in [1.82, 2.24) is 20.1 Å². The smallest absolute Gasteiger partial charge is 0.417 e. The van der Waals surface area contributed by atoms with E-state index in [9.17, 15) is 13.2 Å². The van der Waals surface area contributed by atoms with Crippen LogP contribution in [0.3, 0.4) is 0 Å². The lowest BCUT2D eigenvalue weighted by Crippen LogP contribution is -2.41. The molecule has 2 aliphatic heterocycles. The van der Waals surface area contributed by atoms with Crippen molar-refractivity contribution in [2.45, 2.75) is 32.4 Å². The summed E-state index contributed by atoms with van der Waals surface area (Å²) in [6, 6.07) is 0.821. The lowest BCUT2D eigenvalue weighted by atomic mass is 10.1. The topological polar surface area (TPSA) is 53.0 Å². The van der Waals surface area contributed by atoms with Crippen LogP contribution in [-0.2, 0) is 6.18 Å². The molecule has 0 spiro atoms. The van der Waals surface area contributed by atoms with Gasteiger partial charge in [0.05, 0.1) is 12.1 Å². The fraction of sp³-hybridized carbons (Fsp3) is 0.700. The van der Waals surface area contributed by atoms with Gasteiger partial charge < -0.3 is 19.9 Å². The van der Waals surface area contributed by atoms with Crippen LogP contribution >= 0.6 is 11.6 Å². The van der Waals surface area contributed by atoms with Crippen LogP contribution in [0, 0.1) is 5.92 Å². The van der Waals surface area contributed by atoms with E-state index in [0.717, 1.165) is 50.8 Å². The molecule has 1 N–H and O–H groups in total. The lowest BCUT2D eigenvalue weighted by Gasteiger charge is -2.23. The zero-order chi connectivity index (χ0) is 21.6. The Morgan fingerprint density at radius 1 is 1.33 bits per heavy atom. The molecule has 168 valence electrons. The second kappa shape index (κ2) is 10.5. The van der Waals surface area contributed by atoms with Crippen LogP contribution in [0.25, 0.3) is 0 Å². The number of hydrogen-bond donors (Lipinski definition) is 1. The van der Waals surface area contributed by atoms with Gasteiger partial charge in [-0.2, -0.15) is 13.2 Å². The Hall–Kier alpha value is -1.74. The number of aromatic nitrogens is 1. The van der Waals surface area contributed by atoms with Crippen LogP contribution in [0.1, 0.15) is 31.7 Å². The van der Waals surface area contributed by atoms with Gasteiger partial charge in [-0.3, -0.25) is 0 Å². The second-order valence-electron chi connectivity index (χ2n) is 7.70. The molecule has 3 heterocycles. The van der Waals surface area contributed by atoms with Crippen molar-refractivity contribution >= 4 is 17.6 Å². The van der Waals surface area contributed by atoms with Gasteiger partial charge in [-0.15, -0.1) is 0 Å². The predicted molar refractivity (Wildman–Crippen MR) is 111 cm³/mol. The van der Waals surface area contributed by atoms with Gasteiger partial charge in [0.25, 0.3) is 0 Å². The predicted octanol–water partition coefficient (Wildman–Crippen LogP) is 3.52. The monoisotopic (exact) mass is 447 g/mol. The van der Waals surface area contributed by atoms with E-state index >= 15 is 0 Å². The number of nitrogens with one attached hydrogen (secondary N) is 1. The first-order chi connectivity index (χ1) is 14.4. The third kappa shape index (κ3) is 6.38. The van der Waals surface area contributed by atoms with Crippen molar-refractivity contribution in [3.63, 3.8) is 0 Å². The summed E-state index contributed by atoms with van der Waals surface area (Å²) < 4.78 is 43.5. The highest BCUT2D eigenvalue weighted by Gasteiger charge is 2.32. The molecular weight excluding hydrogens is 419 g/mol. The minimum atomic E-state index is -4.48. The maximum absolute atomic E-state index is 12.7. The van der Waals surface area contributed by atoms with E-state index < -0.39 is 11.7 Å². The van der Waals surface area contributed by atoms with E-state index in [1.54, 1.807) is 0 Å². The Morgan fingerprint density at radius 2 is 2.10 bits per heavy atom. The molecule has 1 unspecified atom stereocenters. The number of guanidine groups is 1. The molecule has 2 saturated heterocycles. The number of halogens is 4. The molecule has 2 aliphatic rings. The first-order valence-corrected chi connectivity index (χ1v) is 10.9. The first-order valence-electron chi connectivity index (χ1n) is 10.5. The maximum Gasteiger partial charge on any atom is 0.417 e. The molecule has 0 bridgehead atoms. The van der Waals surface area contributed by atoms with Crippen LogP contribution in [0.5, 0.6) is 5.88 Å². The minimum absolute atomic E-state index is 0.0169. The summed E-state index contributed by atoms with van der Waals surface area (Å²) in [5.74, 6) is 1.48. The summed E-state index contributed by atoms with van der Waals surface area (Å²) >= 11 is 5.87. The molecule has 1 aromatic rings. The molecule has 0 radical (unpaired) electrons. The number of hydrogen-bond acceptors (Lipinski definition) is 4. The molecule has 0 saturated carbocycles. The Kier molecular flexibility index (Phi) is 8.05. The number of aliphatic imine (C=N–C) groups is 1. The molecule has 0 amide bonds. The summed E-state index contributed by atoms with van der Waals surface area (Å²) in [6.45, 7) is 8.84. The van der Waals surface area contributed by atoms with Crippen LogP contribution < -0.4 is 10.1 Å². The molecule has 0 aliphatic carbocycles. The van der Waals surface area contributed by atoms with Gasteiger partial charge in [-0.25, -0.2) is 9.98 Å².